The number of rotatable bonds is 8. The second kappa shape index (κ2) is 7.33. The Balaban J connectivity index is 2.04. The van der Waals surface area contributed by atoms with Crippen LogP contribution in [0.25, 0.3) is 0 Å². The van der Waals surface area contributed by atoms with Gasteiger partial charge in [0.05, 0.1) is 19.5 Å². The van der Waals surface area contributed by atoms with Crippen molar-refractivity contribution >= 4 is 5.97 Å². The molecule has 0 aliphatic heterocycles. The molecule has 112 valence electrons. The zero-order valence-corrected chi connectivity index (χ0v) is 11.9. The fourth-order valence-electron chi connectivity index (χ4n) is 1.79. The third-order valence-corrected chi connectivity index (χ3v) is 2.82. The number of benzene rings is 1. The molecule has 0 aliphatic rings. The van der Waals surface area contributed by atoms with Crippen LogP contribution in [0.1, 0.15) is 23.7 Å². The van der Waals surface area contributed by atoms with E-state index >= 15 is 0 Å². The number of aromatic nitrogens is 2. The molecule has 1 aromatic carbocycles. The average molecular weight is 290 g/mol. The third kappa shape index (κ3) is 4.24. The largest absolute Gasteiger partial charge is 0.493 e. The lowest BCUT2D eigenvalue weighted by molar-refractivity contribution is 0.0692. The van der Waals surface area contributed by atoms with Gasteiger partial charge in [-0.3, -0.25) is 0 Å². The molecular formula is C15H18N2O4. The molecular weight excluding hydrogens is 272 g/mol. The average Bonchev–Trinajstić information content (AvgIpc) is 2.98. The van der Waals surface area contributed by atoms with Gasteiger partial charge in [0.1, 0.15) is 23.7 Å². The first-order chi connectivity index (χ1) is 10.2. The summed E-state index contributed by atoms with van der Waals surface area (Å²) in [6.07, 6.45) is 6.07. The van der Waals surface area contributed by atoms with Gasteiger partial charge < -0.3 is 19.1 Å². The summed E-state index contributed by atoms with van der Waals surface area (Å²) >= 11 is 0. The van der Waals surface area contributed by atoms with E-state index in [4.69, 9.17) is 9.47 Å². The molecule has 1 heterocycles. The van der Waals surface area contributed by atoms with Crippen LogP contribution in [0.15, 0.2) is 36.9 Å². The molecule has 0 aliphatic carbocycles. The standard InChI is InChI=1S/C15H18N2O4/c1-2-8-20-12-3-4-13(15(18)19)14(10-12)21-9-7-17-6-5-16-11-17/h3-6,10-11H,2,7-9H2,1H3,(H,18,19). The Bertz CT molecular complexity index is 581. The van der Waals surface area contributed by atoms with Crippen LogP contribution >= 0.6 is 0 Å². The summed E-state index contributed by atoms with van der Waals surface area (Å²) in [4.78, 5) is 15.1. The molecule has 2 rings (SSSR count). The van der Waals surface area contributed by atoms with Crippen LogP contribution in [-0.4, -0.2) is 33.8 Å². The van der Waals surface area contributed by atoms with Gasteiger partial charge in [0.15, 0.2) is 0 Å². The van der Waals surface area contributed by atoms with Crippen molar-refractivity contribution in [3.63, 3.8) is 0 Å². The maximum Gasteiger partial charge on any atom is 0.339 e. The first-order valence-corrected chi connectivity index (χ1v) is 6.79. The molecule has 21 heavy (non-hydrogen) atoms. The summed E-state index contributed by atoms with van der Waals surface area (Å²) in [5.41, 5.74) is 0.129. The summed E-state index contributed by atoms with van der Waals surface area (Å²) < 4.78 is 12.9. The fourth-order valence-corrected chi connectivity index (χ4v) is 1.79. The van der Waals surface area contributed by atoms with Crippen molar-refractivity contribution in [2.24, 2.45) is 0 Å². The molecule has 0 unspecified atom stereocenters. The van der Waals surface area contributed by atoms with Crippen LogP contribution in [0.2, 0.25) is 0 Å². The molecule has 0 bridgehead atoms. The third-order valence-electron chi connectivity index (χ3n) is 2.82. The van der Waals surface area contributed by atoms with Gasteiger partial charge in [-0.1, -0.05) is 6.92 Å². The lowest BCUT2D eigenvalue weighted by atomic mass is 10.2. The molecule has 1 aromatic heterocycles. The van der Waals surface area contributed by atoms with Crippen molar-refractivity contribution in [3.8, 4) is 11.5 Å². The van der Waals surface area contributed by atoms with Crippen molar-refractivity contribution in [3.05, 3.63) is 42.5 Å². The SMILES string of the molecule is CCCOc1ccc(C(=O)O)c(OCCn2ccnc2)c1. The van der Waals surface area contributed by atoms with Gasteiger partial charge in [0.25, 0.3) is 0 Å². The second-order valence-corrected chi connectivity index (χ2v) is 4.46. The van der Waals surface area contributed by atoms with Gasteiger partial charge >= 0.3 is 5.97 Å². The van der Waals surface area contributed by atoms with E-state index < -0.39 is 5.97 Å². The molecule has 1 N–H and O–H groups in total. The quantitative estimate of drug-likeness (QED) is 0.808. The molecule has 0 spiro atoms. The zero-order chi connectivity index (χ0) is 15.1. The highest BCUT2D eigenvalue weighted by atomic mass is 16.5. The van der Waals surface area contributed by atoms with Gasteiger partial charge in [-0.25, -0.2) is 9.78 Å². The molecule has 0 fully saturated rings. The normalized spacial score (nSPS) is 10.3. The highest BCUT2D eigenvalue weighted by Gasteiger charge is 2.12. The number of ether oxygens (including phenoxy) is 2. The van der Waals surface area contributed by atoms with E-state index in [2.05, 4.69) is 4.98 Å². The Kier molecular flexibility index (Phi) is 5.20. The second-order valence-electron chi connectivity index (χ2n) is 4.46. The van der Waals surface area contributed by atoms with Crippen LogP contribution in [0.5, 0.6) is 11.5 Å². The summed E-state index contributed by atoms with van der Waals surface area (Å²) in [7, 11) is 0. The zero-order valence-electron chi connectivity index (χ0n) is 11.9. The highest BCUT2D eigenvalue weighted by molar-refractivity contribution is 5.91. The van der Waals surface area contributed by atoms with E-state index in [1.54, 1.807) is 24.7 Å². The van der Waals surface area contributed by atoms with Gasteiger partial charge in [-0.2, -0.15) is 0 Å². The van der Waals surface area contributed by atoms with Crippen LogP contribution in [0, 0.1) is 0 Å². The number of carbonyl (C=O) groups is 1. The maximum absolute atomic E-state index is 11.2. The maximum atomic E-state index is 11.2. The number of nitrogens with zero attached hydrogens (tertiary/aromatic N) is 2. The number of carboxylic acids is 1. The summed E-state index contributed by atoms with van der Waals surface area (Å²) in [5, 5.41) is 9.18. The Hall–Kier alpha value is -2.50. The van der Waals surface area contributed by atoms with Gasteiger partial charge in [0, 0.05) is 18.5 Å². The summed E-state index contributed by atoms with van der Waals surface area (Å²) in [5.74, 6) is -0.0922. The monoisotopic (exact) mass is 290 g/mol. The number of hydrogen-bond acceptors (Lipinski definition) is 4. The minimum Gasteiger partial charge on any atom is -0.493 e. The number of aromatic carboxylic acids is 1. The van der Waals surface area contributed by atoms with Gasteiger partial charge in [-0.05, 0) is 18.6 Å². The minimum absolute atomic E-state index is 0.129. The Labute approximate surface area is 122 Å². The highest BCUT2D eigenvalue weighted by Crippen LogP contribution is 2.25. The molecule has 6 nitrogen and oxygen atoms in total. The minimum atomic E-state index is -1.02. The molecule has 6 heteroatoms. The Morgan fingerprint density at radius 1 is 1.33 bits per heavy atom. The van der Waals surface area contributed by atoms with E-state index in [0.29, 0.717) is 31.3 Å². The van der Waals surface area contributed by atoms with Crippen molar-refractivity contribution in [1.82, 2.24) is 9.55 Å². The summed E-state index contributed by atoms with van der Waals surface area (Å²) in [6.45, 7) is 3.54. The van der Waals surface area contributed by atoms with E-state index in [1.165, 1.54) is 6.07 Å². The van der Waals surface area contributed by atoms with Gasteiger partial charge in [-0.15, -0.1) is 0 Å². The number of carboxylic acid groups (broad SMARTS) is 1. The molecule has 0 atom stereocenters. The summed E-state index contributed by atoms with van der Waals surface area (Å²) in [6, 6.07) is 4.76. The van der Waals surface area contributed by atoms with Crippen molar-refractivity contribution < 1.29 is 19.4 Å². The Morgan fingerprint density at radius 3 is 2.86 bits per heavy atom. The molecule has 0 saturated heterocycles. The first-order valence-electron chi connectivity index (χ1n) is 6.79. The topological polar surface area (TPSA) is 73.6 Å². The van der Waals surface area contributed by atoms with Crippen LogP contribution in [0.3, 0.4) is 0 Å². The van der Waals surface area contributed by atoms with Crippen LogP contribution in [0.4, 0.5) is 0 Å². The van der Waals surface area contributed by atoms with Crippen molar-refractivity contribution in [2.45, 2.75) is 19.9 Å². The lowest BCUT2D eigenvalue weighted by Crippen LogP contribution is -2.09. The van der Waals surface area contributed by atoms with Crippen molar-refractivity contribution in [1.29, 1.82) is 0 Å². The smallest absolute Gasteiger partial charge is 0.339 e. The van der Waals surface area contributed by atoms with Crippen LogP contribution < -0.4 is 9.47 Å². The Morgan fingerprint density at radius 2 is 2.19 bits per heavy atom. The number of hydrogen-bond donors (Lipinski definition) is 1. The van der Waals surface area contributed by atoms with Gasteiger partial charge in [0.2, 0.25) is 0 Å². The fraction of sp³-hybridized carbons (Fsp3) is 0.333. The van der Waals surface area contributed by atoms with Crippen LogP contribution in [-0.2, 0) is 6.54 Å². The lowest BCUT2D eigenvalue weighted by Gasteiger charge is -2.12. The molecule has 0 radical (unpaired) electrons. The van der Waals surface area contributed by atoms with E-state index in [-0.39, 0.29) is 5.56 Å². The van der Waals surface area contributed by atoms with E-state index in [0.717, 1.165) is 6.42 Å². The van der Waals surface area contributed by atoms with E-state index in [1.807, 2.05) is 17.7 Å². The number of imidazole rings is 1. The molecule has 0 amide bonds. The predicted octanol–water partition coefficient (Wildman–Crippen LogP) is 2.45. The predicted molar refractivity (Wildman–Crippen MR) is 76.9 cm³/mol. The first kappa shape index (κ1) is 14.9. The molecule has 0 saturated carbocycles. The van der Waals surface area contributed by atoms with E-state index in [9.17, 15) is 9.90 Å². The molecule has 2 aromatic rings. The van der Waals surface area contributed by atoms with Crippen molar-refractivity contribution in [2.75, 3.05) is 13.2 Å².